The maximum absolute atomic E-state index is 12.9. The van der Waals surface area contributed by atoms with Gasteiger partial charge >= 0.3 is 12.6 Å². The molecule has 3 amide bonds. The summed E-state index contributed by atoms with van der Waals surface area (Å²) in [5, 5.41) is 6.47. The van der Waals surface area contributed by atoms with Gasteiger partial charge in [0, 0.05) is 5.56 Å². The number of rotatable bonds is 5. The number of hydrogen-bond donors (Lipinski definition) is 1. The highest BCUT2D eigenvalue weighted by Crippen LogP contribution is 2.31. The molecule has 0 bridgehead atoms. The van der Waals surface area contributed by atoms with Crippen molar-refractivity contribution >= 4 is 11.9 Å². The molecule has 26 heavy (non-hydrogen) atoms. The number of nitrogens with one attached hydrogen (secondary N) is 1. The molecule has 1 atom stereocenters. The van der Waals surface area contributed by atoms with Crippen LogP contribution in [0.3, 0.4) is 0 Å². The largest absolute Gasteiger partial charge is 0.435 e. The first-order chi connectivity index (χ1) is 12.2. The van der Waals surface area contributed by atoms with Gasteiger partial charge in [0.1, 0.15) is 17.0 Å². The smallest absolute Gasteiger partial charge is 0.387 e. The van der Waals surface area contributed by atoms with Gasteiger partial charge in [0.2, 0.25) is 0 Å². The Labute approximate surface area is 147 Å². The lowest BCUT2D eigenvalue weighted by atomic mass is 9.92. The number of amides is 3. The van der Waals surface area contributed by atoms with Crippen LogP contribution in [0.1, 0.15) is 29.5 Å². The Morgan fingerprint density at radius 1 is 1.27 bits per heavy atom. The van der Waals surface area contributed by atoms with Gasteiger partial charge in [0.15, 0.2) is 0 Å². The summed E-state index contributed by atoms with van der Waals surface area (Å²) < 4.78 is 33.9. The van der Waals surface area contributed by atoms with Gasteiger partial charge in [-0.1, -0.05) is 17.3 Å². The Kier molecular flexibility index (Phi) is 4.39. The van der Waals surface area contributed by atoms with Crippen LogP contribution in [-0.4, -0.2) is 28.6 Å². The molecule has 0 radical (unpaired) electrons. The minimum absolute atomic E-state index is 0.0308. The molecular weight excluding hydrogens is 348 g/mol. The fourth-order valence-corrected chi connectivity index (χ4v) is 2.89. The number of urea groups is 1. The summed E-state index contributed by atoms with van der Waals surface area (Å²) in [6, 6.07) is 5.03. The Bertz CT molecular complexity index is 831. The van der Waals surface area contributed by atoms with Crippen LogP contribution in [0, 0.1) is 13.8 Å². The molecule has 1 aromatic carbocycles. The topological polar surface area (TPSA) is 84.7 Å². The molecule has 1 aliphatic heterocycles. The first-order valence-corrected chi connectivity index (χ1v) is 7.83. The molecule has 0 aliphatic carbocycles. The van der Waals surface area contributed by atoms with E-state index in [1.165, 1.54) is 24.3 Å². The van der Waals surface area contributed by atoms with E-state index in [-0.39, 0.29) is 12.3 Å². The van der Waals surface area contributed by atoms with Crippen molar-refractivity contribution in [1.29, 1.82) is 0 Å². The third-order valence-corrected chi connectivity index (χ3v) is 4.43. The number of aromatic nitrogens is 1. The van der Waals surface area contributed by atoms with E-state index in [2.05, 4.69) is 15.2 Å². The van der Waals surface area contributed by atoms with Crippen molar-refractivity contribution in [2.24, 2.45) is 0 Å². The van der Waals surface area contributed by atoms with Crippen molar-refractivity contribution in [1.82, 2.24) is 15.4 Å². The number of imide groups is 1. The summed E-state index contributed by atoms with van der Waals surface area (Å²) in [4.78, 5) is 26.3. The number of benzene rings is 1. The van der Waals surface area contributed by atoms with Gasteiger partial charge < -0.3 is 14.6 Å². The lowest BCUT2D eigenvalue weighted by Crippen LogP contribution is -2.40. The Balaban J connectivity index is 1.85. The van der Waals surface area contributed by atoms with Crippen LogP contribution in [0.2, 0.25) is 0 Å². The van der Waals surface area contributed by atoms with Crippen LogP contribution >= 0.6 is 0 Å². The third kappa shape index (κ3) is 3.00. The van der Waals surface area contributed by atoms with E-state index in [9.17, 15) is 18.4 Å². The molecule has 1 N–H and O–H groups in total. The molecule has 0 unspecified atom stereocenters. The zero-order valence-electron chi connectivity index (χ0n) is 14.4. The predicted molar refractivity (Wildman–Crippen MR) is 85.5 cm³/mol. The van der Waals surface area contributed by atoms with E-state index < -0.39 is 24.1 Å². The standard InChI is InChI=1S/C17H17F2N3O4/c1-9-13(10(2)26-21-9)8-22-14(23)17(3,20-16(22)24)11-4-6-12(7-5-11)25-15(18)19/h4-7,15H,8H2,1-3H3,(H,20,24)/t17-/m1/s1. The fraction of sp³-hybridized carbons (Fsp3) is 0.353. The van der Waals surface area contributed by atoms with E-state index in [0.717, 1.165) is 4.90 Å². The maximum atomic E-state index is 12.9. The third-order valence-electron chi connectivity index (χ3n) is 4.43. The normalized spacial score (nSPS) is 20.0. The number of alkyl halides is 2. The maximum Gasteiger partial charge on any atom is 0.387 e. The van der Waals surface area contributed by atoms with Gasteiger partial charge in [-0.05, 0) is 38.5 Å². The van der Waals surface area contributed by atoms with Gasteiger partial charge in [-0.2, -0.15) is 8.78 Å². The first-order valence-electron chi connectivity index (χ1n) is 7.83. The second-order valence-corrected chi connectivity index (χ2v) is 6.15. The molecule has 1 aromatic heterocycles. The van der Waals surface area contributed by atoms with E-state index in [1.807, 2.05) is 0 Å². The van der Waals surface area contributed by atoms with E-state index >= 15 is 0 Å². The summed E-state index contributed by atoms with van der Waals surface area (Å²) in [7, 11) is 0. The average molecular weight is 365 g/mol. The number of carbonyl (C=O) groups is 2. The van der Waals surface area contributed by atoms with Crippen molar-refractivity contribution in [2.45, 2.75) is 39.5 Å². The van der Waals surface area contributed by atoms with Gasteiger partial charge in [-0.25, -0.2) is 4.79 Å². The molecule has 9 heteroatoms. The van der Waals surface area contributed by atoms with Crippen LogP contribution in [0.4, 0.5) is 13.6 Å². The second kappa shape index (κ2) is 6.40. The number of ether oxygens (including phenoxy) is 1. The highest BCUT2D eigenvalue weighted by molar-refractivity contribution is 6.07. The second-order valence-electron chi connectivity index (χ2n) is 6.15. The van der Waals surface area contributed by atoms with Crippen molar-refractivity contribution in [2.75, 3.05) is 0 Å². The van der Waals surface area contributed by atoms with Crippen molar-refractivity contribution in [3.63, 3.8) is 0 Å². The highest BCUT2D eigenvalue weighted by Gasteiger charge is 2.49. The fourth-order valence-electron chi connectivity index (χ4n) is 2.89. The van der Waals surface area contributed by atoms with Crippen molar-refractivity contribution in [3.8, 4) is 5.75 Å². The lowest BCUT2D eigenvalue weighted by Gasteiger charge is -2.22. The minimum Gasteiger partial charge on any atom is -0.435 e. The SMILES string of the molecule is Cc1noc(C)c1CN1C(=O)N[C@](C)(c2ccc(OC(F)F)cc2)C1=O. The molecular formula is C17H17F2N3O4. The van der Waals surface area contributed by atoms with E-state index in [1.54, 1.807) is 20.8 Å². The van der Waals surface area contributed by atoms with Crippen molar-refractivity contribution < 1.29 is 27.6 Å². The zero-order valence-corrected chi connectivity index (χ0v) is 14.4. The zero-order chi connectivity index (χ0) is 19.1. The summed E-state index contributed by atoms with van der Waals surface area (Å²) in [5.74, 6) is 0.0481. The Morgan fingerprint density at radius 2 is 1.92 bits per heavy atom. The van der Waals surface area contributed by atoms with E-state index in [0.29, 0.717) is 22.6 Å². The number of hydrogen-bond acceptors (Lipinski definition) is 5. The quantitative estimate of drug-likeness (QED) is 0.824. The number of aryl methyl sites for hydroxylation is 2. The van der Waals surface area contributed by atoms with Crippen LogP contribution < -0.4 is 10.1 Å². The minimum atomic E-state index is -2.94. The molecule has 2 heterocycles. The van der Waals surface area contributed by atoms with Crippen LogP contribution in [0.15, 0.2) is 28.8 Å². The molecule has 2 aromatic rings. The van der Waals surface area contributed by atoms with Crippen molar-refractivity contribution in [3.05, 3.63) is 46.8 Å². The number of halogens is 2. The first kappa shape index (κ1) is 17.8. The molecule has 7 nitrogen and oxygen atoms in total. The molecule has 1 fully saturated rings. The highest BCUT2D eigenvalue weighted by atomic mass is 19.3. The molecule has 1 saturated heterocycles. The predicted octanol–water partition coefficient (Wildman–Crippen LogP) is 2.86. The Morgan fingerprint density at radius 3 is 2.46 bits per heavy atom. The van der Waals surface area contributed by atoms with Crippen LogP contribution in [0.5, 0.6) is 5.75 Å². The molecule has 1 aliphatic rings. The summed E-state index contributed by atoms with van der Waals surface area (Å²) in [6.45, 7) is 2.09. The van der Waals surface area contributed by atoms with Gasteiger partial charge in [-0.15, -0.1) is 0 Å². The van der Waals surface area contributed by atoms with Gasteiger partial charge in [0.05, 0.1) is 12.2 Å². The lowest BCUT2D eigenvalue weighted by molar-refractivity contribution is -0.131. The summed E-state index contributed by atoms with van der Waals surface area (Å²) in [5.41, 5.74) is 0.418. The molecule has 0 spiro atoms. The molecule has 3 rings (SSSR count). The van der Waals surface area contributed by atoms with Crippen LogP contribution in [-0.2, 0) is 16.9 Å². The Hall–Kier alpha value is -2.97. The molecule has 0 saturated carbocycles. The number of nitrogens with zero attached hydrogens (tertiary/aromatic N) is 2. The summed E-state index contributed by atoms with van der Waals surface area (Å²) >= 11 is 0. The van der Waals surface area contributed by atoms with Crippen LogP contribution in [0.25, 0.3) is 0 Å². The van der Waals surface area contributed by atoms with Gasteiger partial charge in [0.25, 0.3) is 5.91 Å². The van der Waals surface area contributed by atoms with E-state index in [4.69, 9.17) is 4.52 Å². The van der Waals surface area contributed by atoms with Gasteiger partial charge in [-0.3, -0.25) is 9.69 Å². The molecule has 138 valence electrons. The number of carbonyl (C=O) groups excluding carboxylic acids is 2. The monoisotopic (exact) mass is 365 g/mol. The average Bonchev–Trinajstić information content (AvgIpc) is 3.00. The summed E-state index contributed by atoms with van der Waals surface area (Å²) in [6.07, 6.45) is 0.